The fourth-order valence-corrected chi connectivity index (χ4v) is 7.47. The topological polar surface area (TPSA) is 21.3 Å². The molecule has 0 radical (unpaired) electrons. The van der Waals surface area contributed by atoms with E-state index in [0.717, 1.165) is 23.5 Å². The smallest absolute Gasteiger partial charge is 0.0678 e. The Bertz CT molecular complexity index is 346. The van der Waals surface area contributed by atoms with Gasteiger partial charge >= 0.3 is 0 Å². The average Bonchev–Trinajstić information content (AvgIpc) is 2.64. The van der Waals surface area contributed by atoms with Crippen LogP contribution in [0.2, 0.25) is 0 Å². The second-order valence-electron chi connectivity index (χ2n) is 7.51. The van der Waals surface area contributed by atoms with Crippen molar-refractivity contribution < 1.29 is 4.74 Å². The van der Waals surface area contributed by atoms with Crippen LogP contribution in [0.5, 0.6) is 0 Å². The molecule has 0 aromatic carbocycles. The van der Waals surface area contributed by atoms with Crippen molar-refractivity contribution in [3.63, 3.8) is 0 Å². The molecule has 4 heteroatoms. The second-order valence-corrected chi connectivity index (χ2v) is 10.1. The monoisotopic (exact) mass is 331 g/mol. The van der Waals surface area contributed by atoms with Crippen LogP contribution >= 0.6 is 23.5 Å². The van der Waals surface area contributed by atoms with Gasteiger partial charge in [0.2, 0.25) is 0 Å². The van der Waals surface area contributed by atoms with Crippen LogP contribution in [0.4, 0.5) is 0 Å². The SMILES string of the molecule is CCNC(C1SCCSC1CC)C1CC(C)(C)OC1(C)C. The van der Waals surface area contributed by atoms with Gasteiger partial charge in [-0.15, -0.1) is 0 Å². The van der Waals surface area contributed by atoms with Crippen molar-refractivity contribution in [3.05, 3.63) is 0 Å². The first-order chi connectivity index (χ1) is 9.80. The summed E-state index contributed by atoms with van der Waals surface area (Å²) in [6.07, 6.45) is 2.44. The lowest BCUT2D eigenvalue weighted by molar-refractivity contribution is -0.0776. The lowest BCUT2D eigenvalue weighted by atomic mass is 9.79. The summed E-state index contributed by atoms with van der Waals surface area (Å²) in [6, 6.07) is 0.564. The van der Waals surface area contributed by atoms with Gasteiger partial charge in [0.1, 0.15) is 0 Å². The van der Waals surface area contributed by atoms with Crippen molar-refractivity contribution in [2.75, 3.05) is 18.1 Å². The van der Waals surface area contributed by atoms with Crippen LogP contribution in [0.15, 0.2) is 0 Å². The molecule has 124 valence electrons. The van der Waals surface area contributed by atoms with Crippen LogP contribution in [0, 0.1) is 5.92 Å². The predicted octanol–water partition coefficient (Wildman–Crippen LogP) is 4.19. The van der Waals surface area contributed by atoms with Gasteiger partial charge in [0.05, 0.1) is 11.2 Å². The molecule has 2 saturated heterocycles. The summed E-state index contributed by atoms with van der Waals surface area (Å²) in [4.78, 5) is 0. The molecule has 2 nitrogen and oxygen atoms in total. The van der Waals surface area contributed by atoms with E-state index in [0.29, 0.717) is 12.0 Å². The van der Waals surface area contributed by atoms with Gasteiger partial charge < -0.3 is 10.1 Å². The molecule has 0 aliphatic carbocycles. The molecule has 0 aromatic rings. The van der Waals surface area contributed by atoms with Gasteiger partial charge in [0.15, 0.2) is 0 Å². The average molecular weight is 332 g/mol. The molecule has 1 N–H and O–H groups in total. The predicted molar refractivity (Wildman–Crippen MR) is 97.6 cm³/mol. The molecule has 0 amide bonds. The lowest BCUT2D eigenvalue weighted by Crippen LogP contribution is -2.53. The number of rotatable bonds is 5. The van der Waals surface area contributed by atoms with Crippen LogP contribution in [-0.2, 0) is 4.74 Å². The summed E-state index contributed by atoms with van der Waals surface area (Å²) < 4.78 is 6.38. The molecular formula is C17H33NOS2. The Morgan fingerprint density at radius 3 is 2.33 bits per heavy atom. The third kappa shape index (κ3) is 4.13. The van der Waals surface area contributed by atoms with Gasteiger partial charge in [0, 0.05) is 34.0 Å². The van der Waals surface area contributed by atoms with E-state index in [9.17, 15) is 0 Å². The minimum Gasteiger partial charge on any atom is -0.369 e. The number of thioether (sulfide) groups is 2. The van der Waals surface area contributed by atoms with E-state index in [1.807, 2.05) is 0 Å². The minimum atomic E-state index is -0.0305. The molecule has 2 aliphatic rings. The summed E-state index contributed by atoms with van der Waals surface area (Å²) in [5.74, 6) is 3.21. The summed E-state index contributed by atoms with van der Waals surface area (Å²) in [5, 5.41) is 5.34. The summed E-state index contributed by atoms with van der Waals surface area (Å²) in [7, 11) is 0. The molecule has 4 unspecified atom stereocenters. The van der Waals surface area contributed by atoms with E-state index < -0.39 is 0 Å². The van der Waals surface area contributed by atoms with E-state index in [2.05, 4.69) is 70.4 Å². The molecule has 0 aromatic heterocycles. The van der Waals surface area contributed by atoms with Gasteiger partial charge in [0.25, 0.3) is 0 Å². The highest BCUT2D eigenvalue weighted by molar-refractivity contribution is 8.07. The number of nitrogens with one attached hydrogen (secondary N) is 1. The molecule has 2 aliphatic heterocycles. The highest BCUT2D eigenvalue weighted by atomic mass is 32.2. The molecule has 2 rings (SSSR count). The number of ether oxygens (including phenoxy) is 1. The van der Waals surface area contributed by atoms with Gasteiger partial charge in [-0.1, -0.05) is 13.8 Å². The Kier molecular flexibility index (Phi) is 6.01. The van der Waals surface area contributed by atoms with E-state index in [1.165, 1.54) is 17.9 Å². The maximum absolute atomic E-state index is 6.38. The van der Waals surface area contributed by atoms with Gasteiger partial charge in [-0.25, -0.2) is 0 Å². The zero-order chi connectivity index (χ0) is 15.7. The summed E-state index contributed by atoms with van der Waals surface area (Å²) >= 11 is 4.38. The van der Waals surface area contributed by atoms with Crippen LogP contribution in [-0.4, -0.2) is 45.8 Å². The van der Waals surface area contributed by atoms with Crippen molar-refractivity contribution in [1.82, 2.24) is 5.32 Å². The summed E-state index contributed by atoms with van der Waals surface area (Å²) in [6.45, 7) is 14.7. The lowest BCUT2D eigenvalue weighted by Gasteiger charge is -2.42. The Labute approximate surface area is 139 Å². The van der Waals surface area contributed by atoms with Crippen molar-refractivity contribution in [2.24, 2.45) is 5.92 Å². The molecule has 21 heavy (non-hydrogen) atoms. The fourth-order valence-electron chi connectivity index (χ4n) is 4.16. The molecule has 0 spiro atoms. The van der Waals surface area contributed by atoms with Gasteiger partial charge in [-0.05, 0) is 47.1 Å². The first-order valence-electron chi connectivity index (χ1n) is 8.47. The normalized spacial score (nSPS) is 36.6. The first kappa shape index (κ1) is 18.0. The van der Waals surface area contributed by atoms with Crippen molar-refractivity contribution >= 4 is 23.5 Å². The largest absolute Gasteiger partial charge is 0.369 e. The van der Waals surface area contributed by atoms with E-state index >= 15 is 0 Å². The maximum atomic E-state index is 6.38. The number of hydrogen-bond donors (Lipinski definition) is 1. The van der Waals surface area contributed by atoms with Gasteiger partial charge in [-0.3, -0.25) is 0 Å². The molecular weight excluding hydrogens is 298 g/mol. The minimum absolute atomic E-state index is 0.00995. The first-order valence-corrected chi connectivity index (χ1v) is 10.6. The van der Waals surface area contributed by atoms with Crippen LogP contribution in [0.1, 0.15) is 54.4 Å². The molecule has 0 saturated carbocycles. The Balaban J connectivity index is 2.21. The number of hydrogen-bond acceptors (Lipinski definition) is 4. The van der Waals surface area contributed by atoms with Crippen LogP contribution < -0.4 is 5.32 Å². The second kappa shape index (κ2) is 7.02. The van der Waals surface area contributed by atoms with Crippen LogP contribution in [0.25, 0.3) is 0 Å². The van der Waals surface area contributed by atoms with Crippen molar-refractivity contribution in [3.8, 4) is 0 Å². The molecule has 0 bridgehead atoms. The Morgan fingerprint density at radius 1 is 1.14 bits per heavy atom. The van der Waals surface area contributed by atoms with E-state index in [-0.39, 0.29) is 11.2 Å². The Hall–Kier alpha value is 0.620. The molecule has 4 atom stereocenters. The highest BCUT2D eigenvalue weighted by Gasteiger charge is 2.51. The fraction of sp³-hybridized carbons (Fsp3) is 1.00. The standard InChI is InChI=1S/C17H33NOS2/c1-7-13-15(21-10-9-20-13)14(18-8-2)12-11-16(3,4)19-17(12,5)6/h12-15,18H,7-11H2,1-6H3. The Morgan fingerprint density at radius 2 is 1.81 bits per heavy atom. The van der Waals surface area contributed by atoms with Crippen LogP contribution in [0.3, 0.4) is 0 Å². The zero-order valence-electron chi connectivity index (χ0n) is 14.6. The van der Waals surface area contributed by atoms with E-state index in [1.54, 1.807) is 0 Å². The van der Waals surface area contributed by atoms with Crippen molar-refractivity contribution in [2.45, 2.75) is 82.1 Å². The quantitative estimate of drug-likeness (QED) is 0.815. The zero-order valence-corrected chi connectivity index (χ0v) is 16.2. The molecule has 2 heterocycles. The van der Waals surface area contributed by atoms with E-state index in [4.69, 9.17) is 4.74 Å². The van der Waals surface area contributed by atoms with Crippen molar-refractivity contribution in [1.29, 1.82) is 0 Å². The third-order valence-corrected chi connectivity index (χ3v) is 8.24. The maximum Gasteiger partial charge on any atom is 0.0678 e. The van der Waals surface area contributed by atoms with Gasteiger partial charge in [-0.2, -0.15) is 23.5 Å². The third-order valence-electron chi connectivity index (χ3n) is 4.87. The summed E-state index contributed by atoms with van der Waals surface area (Å²) in [5.41, 5.74) is -0.0205. The molecule has 2 fully saturated rings. The highest BCUT2D eigenvalue weighted by Crippen LogP contribution is 2.47.